The van der Waals surface area contributed by atoms with Crippen molar-refractivity contribution in [1.29, 1.82) is 0 Å². The molecule has 0 bridgehead atoms. The highest BCUT2D eigenvalue weighted by atomic mass is 16.3. The van der Waals surface area contributed by atoms with Crippen LogP contribution in [0.2, 0.25) is 0 Å². The fourth-order valence-electron chi connectivity index (χ4n) is 3.16. The lowest BCUT2D eigenvalue weighted by Crippen LogP contribution is -2.34. The quantitative estimate of drug-likeness (QED) is 0.627. The molecular weight excluding hydrogens is 284 g/mol. The highest BCUT2D eigenvalue weighted by Crippen LogP contribution is 2.21. The second-order valence-corrected chi connectivity index (χ2v) is 6.19. The summed E-state index contributed by atoms with van der Waals surface area (Å²) < 4.78 is 0. The van der Waals surface area contributed by atoms with E-state index < -0.39 is 0 Å². The highest BCUT2D eigenvalue weighted by molar-refractivity contribution is 5.82. The van der Waals surface area contributed by atoms with E-state index >= 15 is 0 Å². The van der Waals surface area contributed by atoms with Gasteiger partial charge in [0.05, 0.1) is 0 Å². The summed E-state index contributed by atoms with van der Waals surface area (Å²) in [7, 11) is 0. The summed E-state index contributed by atoms with van der Waals surface area (Å²) >= 11 is 0. The largest absolute Gasteiger partial charge is 0.396 e. The molecule has 0 amide bonds. The van der Waals surface area contributed by atoms with Gasteiger partial charge in [-0.1, -0.05) is 48.5 Å². The minimum Gasteiger partial charge on any atom is -0.396 e. The van der Waals surface area contributed by atoms with Crippen molar-refractivity contribution in [2.24, 2.45) is 11.7 Å². The van der Waals surface area contributed by atoms with Gasteiger partial charge in [-0.2, -0.15) is 0 Å². The van der Waals surface area contributed by atoms with Crippen LogP contribution in [0.25, 0.3) is 10.9 Å². The third-order valence-electron chi connectivity index (χ3n) is 4.60. The minimum atomic E-state index is -0.00568. The van der Waals surface area contributed by atoms with Crippen molar-refractivity contribution in [1.82, 2.24) is 4.98 Å². The van der Waals surface area contributed by atoms with Crippen LogP contribution in [0.1, 0.15) is 17.5 Å². The molecule has 2 unspecified atom stereocenters. The number of aryl methyl sites for hydroxylation is 1. The Morgan fingerprint density at radius 3 is 2.52 bits per heavy atom. The molecule has 3 aromatic rings. The zero-order valence-electron chi connectivity index (χ0n) is 13.3. The second kappa shape index (κ2) is 7.44. The van der Waals surface area contributed by atoms with Crippen LogP contribution in [-0.4, -0.2) is 22.7 Å². The Labute approximate surface area is 137 Å². The van der Waals surface area contributed by atoms with Crippen molar-refractivity contribution in [2.75, 3.05) is 6.61 Å². The molecule has 0 spiro atoms. The lowest BCUT2D eigenvalue weighted by Gasteiger charge is -2.22. The van der Waals surface area contributed by atoms with Gasteiger partial charge in [0.1, 0.15) is 0 Å². The molecule has 3 heteroatoms. The first-order valence-corrected chi connectivity index (χ1v) is 8.23. The second-order valence-electron chi connectivity index (χ2n) is 6.19. The van der Waals surface area contributed by atoms with E-state index in [1.165, 1.54) is 22.0 Å². The topological polar surface area (TPSA) is 62.0 Å². The Morgan fingerprint density at radius 1 is 1.00 bits per heavy atom. The van der Waals surface area contributed by atoms with Gasteiger partial charge >= 0.3 is 0 Å². The van der Waals surface area contributed by atoms with Crippen molar-refractivity contribution in [3.8, 4) is 0 Å². The lowest BCUT2D eigenvalue weighted by atomic mass is 9.89. The van der Waals surface area contributed by atoms with Crippen LogP contribution in [0.3, 0.4) is 0 Å². The number of H-pyrrole nitrogens is 1. The van der Waals surface area contributed by atoms with Crippen molar-refractivity contribution >= 4 is 10.9 Å². The Morgan fingerprint density at radius 2 is 1.74 bits per heavy atom. The number of aromatic nitrogens is 1. The Bertz CT molecular complexity index is 735. The van der Waals surface area contributed by atoms with E-state index in [-0.39, 0.29) is 18.6 Å². The predicted molar refractivity (Wildman–Crippen MR) is 95.3 cm³/mol. The number of nitrogens with two attached hydrogens (primary N) is 1. The molecule has 0 aliphatic rings. The highest BCUT2D eigenvalue weighted by Gasteiger charge is 2.18. The number of hydrogen-bond donors (Lipinski definition) is 3. The smallest absolute Gasteiger partial charge is 0.0477 e. The van der Waals surface area contributed by atoms with Gasteiger partial charge in [0, 0.05) is 35.7 Å². The predicted octanol–water partition coefficient (Wildman–Crippen LogP) is 3.28. The Hall–Kier alpha value is -2.10. The fourth-order valence-corrected chi connectivity index (χ4v) is 3.16. The van der Waals surface area contributed by atoms with Crippen LogP contribution in [0, 0.1) is 5.92 Å². The normalized spacial score (nSPS) is 14.0. The maximum absolute atomic E-state index is 9.70. The average Bonchev–Trinajstić information content (AvgIpc) is 3.01. The van der Waals surface area contributed by atoms with Gasteiger partial charge in [-0.15, -0.1) is 0 Å². The summed E-state index contributed by atoms with van der Waals surface area (Å²) in [6, 6.07) is 18.6. The van der Waals surface area contributed by atoms with Gasteiger partial charge < -0.3 is 15.8 Å². The molecule has 0 aliphatic heterocycles. The summed E-state index contributed by atoms with van der Waals surface area (Å²) in [6.45, 7) is 0.129. The van der Waals surface area contributed by atoms with Gasteiger partial charge in [0.25, 0.3) is 0 Å². The zero-order valence-corrected chi connectivity index (χ0v) is 13.3. The summed E-state index contributed by atoms with van der Waals surface area (Å²) in [5.41, 5.74) is 10.1. The van der Waals surface area contributed by atoms with E-state index in [1.54, 1.807) is 0 Å². The van der Waals surface area contributed by atoms with Crippen molar-refractivity contribution in [2.45, 2.75) is 25.3 Å². The van der Waals surface area contributed by atoms with Gasteiger partial charge in [-0.25, -0.2) is 0 Å². The van der Waals surface area contributed by atoms with Gasteiger partial charge in [0.15, 0.2) is 0 Å². The maximum atomic E-state index is 9.70. The number of aliphatic hydroxyl groups is 1. The van der Waals surface area contributed by atoms with Crippen molar-refractivity contribution in [3.05, 3.63) is 71.9 Å². The van der Waals surface area contributed by atoms with E-state index in [0.29, 0.717) is 0 Å². The molecule has 1 heterocycles. The van der Waals surface area contributed by atoms with Crippen LogP contribution in [0.15, 0.2) is 60.8 Å². The molecule has 2 atom stereocenters. The summed E-state index contributed by atoms with van der Waals surface area (Å²) in [4.78, 5) is 3.30. The number of aliphatic hydroxyl groups excluding tert-OH is 1. The van der Waals surface area contributed by atoms with Gasteiger partial charge in [-0.3, -0.25) is 0 Å². The fraction of sp³-hybridized carbons (Fsp3) is 0.300. The van der Waals surface area contributed by atoms with E-state index in [0.717, 1.165) is 19.3 Å². The molecule has 0 saturated carbocycles. The molecule has 120 valence electrons. The molecular formula is C20H24N2O. The molecule has 1 aromatic heterocycles. The van der Waals surface area contributed by atoms with E-state index in [1.807, 2.05) is 24.3 Å². The van der Waals surface area contributed by atoms with Gasteiger partial charge in [-0.05, 0) is 36.5 Å². The summed E-state index contributed by atoms with van der Waals surface area (Å²) in [6.07, 6.45) is 4.70. The van der Waals surface area contributed by atoms with E-state index in [2.05, 4.69) is 41.5 Å². The van der Waals surface area contributed by atoms with Crippen LogP contribution in [0.4, 0.5) is 0 Å². The number of rotatable bonds is 7. The maximum Gasteiger partial charge on any atom is 0.0477 e. The molecule has 0 saturated heterocycles. The molecule has 3 nitrogen and oxygen atoms in total. The molecule has 0 fully saturated rings. The third kappa shape index (κ3) is 3.81. The first-order chi connectivity index (χ1) is 11.3. The first-order valence-electron chi connectivity index (χ1n) is 8.23. The van der Waals surface area contributed by atoms with E-state index in [9.17, 15) is 5.11 Å². The number of benzene rings is 2. The van der Waals surface area contributed by atoms with Crippen molar-refractivity contribution in [3.63, 3.8) is 0 Å². The average molecular weight is 308 g/mol. The molecule has 3 rings (SSSR count). The standard InChI is InChI=1S/C20H24N2O/c21-19(17(14-23)12-15-6-2-1-3-7-15)11-10-16-13-22-20-9-5-4-8-18(16)20/h1-9,13,17,19,22-23H,10-12,14,21H2. The Balaban J connectivity index is 1.62. The van der Waals surface area contributed by atoms with Crippen LogP contribution >= 0.6 is 0 Å². The lowest BCUT2D eigenvalue weighted by molar-refractivity contribution is 0.199. The minimum absolute atomic E-state index is 0.00568. The zero-order chi connectivity index (χ0) is 16.1. The molecule has 2 aromatic carbocycles. The number of nitrogens with one attached hydrogen (secondary N) is 1. The summed E-state index contributed by atoms with van der Waals surface area (Å²) in [5.74, 6) is 0.0996. The molecule has 23 heavy (non-hydrogen) atoms. The molecule has 4 N–H and O–H groups in total. The SMILES string of the molecule is NC(CCc1c[nH]c2ccccc12)C(CO)Cc1ccccc1. The first kappa shape index (κ1) is 15.8. The number of aromatic amines is 1. The summed E-state index contributed by atoms with van der Waals surface area (Å²) in [5, 5.41) is 11.0. The number of hydrogen-bond acceptors (Lipinski definition) is 2. The van der Waals surface area contributed by atoms with Crippen LogP contribution in [-0.2, 0) is 12.8 Å². The third-order valence-corrected chi connectivity index (χ3v) is 4.60. The molecule has 0 aliphatic carbocycles. The van der Waals surface area contributed by atoms with Crippen molar-refractivity contribution < 1.29 is 5.11 Å². The Kier molecular flexibility index (Phi) is 5.11. The number of fused-ring (bicyclic) bond motifs is 1. The van der Waals surface area contributed by atoms with Crippen LogP contribution < -0.4 is 5.73 Å². The monoisotopic (exact) mass is 308 g/mol. The number of para-hydroxylation sites is 1. The van der Waals surface area contributed by atoms with Gasteiger partial charge in [0.2, 0.25) is 0 Å². The molecule has 0 radical (unpaired) electrons. The van der Waals surface area contributed by atoms with E-state index in [4.69, 9.17) is 5.73 Å². The van der Waals surface area contributed by atoms with Crippen LogP contribution in [0.5, 0.6) is 0 Å².